The highest BCUT2D eigenvalue weighted by molar-refractivity contribution is 7.98. The van der Waals surface area contributed by atoms with Crippen LogP contribution in [-0.4, -0.2) is 61.9 Å². The van der Waals surface area contributed by atoms with Gasteiger partial charge in [0.05, 0.1) is 11.7 Å². The number of nitrogens with one attached hydrogen (secondary N) is 1. The summed E-state index contributed by atoms with van der Waals surface area (Å²) >= 11 is 1.13. The lowest BCUT2D eigenvalue weighted by Gasteiger charge is -2.22. The lowest BCUT2D eigenvalue weighted by molar-refractivity contribution is -0.141. The molecule has 0 saturated carbocycles. The summed E-state index contributed by atoms with van der Waals surface area (Å²) in [5, 5.41) is 19.0. The van der Waals surface area contributed by atoms with Crippen LogP contribution in [0.5, 0.6) is 0 Å². The van der Waals surface area contributed by atoms with Gasteiger partial charge in [0.25, 0.3) is 5.91 Å². The number of H-pyrrole nitrogens is 1. The van der Waals surface area contributed by atoms with Crippen molar-refractivity contribution in [3.8, 4) is 0 Å². The van der Waals surface area contributed by atoms with Crippen molar-refractivity contribution in [3.63, 3.8) is 0 Å². The molecule has 3 N–H and O–H groups in total. The smallest absolute Gasteiger partial charge is 0.346 e. The van der Waals surface area contributed by atoms with Gasteiger partial charge >= 0.3 is 11.7 Å². The number of aliphatic hydroxyl groups is 1. The molecule has 0 spiro atoms. The number of rotatable bonds is 3. The number of aliphatic hydroxyl groups excluding tert-OH is 1. The number of likely N-dealkylation sites (tertiary alicyclic amines) is 1. The normalized spacial score (nSPS) is 21.6. The number of carbonyl (C=O) groups is 2. The molecule has 21 heavy (non-hydrogen) atoms. The maximum atomic E-state index is 12.6. The first-order chi connectivity index (χ1) is 9.85. The number of hydrogen-bond acceptors (Lipinski definition) is 6. The summed E-state index contributed by atoms with van der Waals surface area (Å²) < 4.78 is 0. The van der Waals surface area contributed by atoms with E-state index in [-0.39, 0.29) is 23.6 Å². The number of aryl methyl sites for hydroxylation is 1. The molecule has 1 aliphatic rings. The number of β-amino-alcohol motifs (C(OH)–C–C–N with tert-alkyl or cyclic N) is 1. The van der Waals surface area contributed by atoms with Crippen molar-refractivity contribution in [1.82, 2.24) is 14.9 Å². The highest BCUT2D eigenvalue weighted by atomic mass is 32.2. The third kappa shape index (κ3) is 2.93. The minimum absolute atomic E-state index is 0.00843. The Balaban J connectivity index is 2.45. The van der Waals surface area contributed by atoms with E-state index in [1.165, 1.54) is 0 Å². The molecule has 114 valence electrons. The van der Waals surface area contributed by atoms with E-state index in [0.29, 0.717) is 5.69 Å². The van der Waals surface area contributed by atoms with E-state index < -0.39 is 29.7 Å². The average Bonchev–Trinajstić information content (AvgIpc) is 2.79. The maximum absolute atomic E-state index is 12.6. The highest BCUT2D eigenvalue weighted by Gasteiger charge is 2.40. The van der Waals surface area contributed by atoms with E-state index in [0.717, 1.165) is 16.7 Å². The molecular weight excluding hydrogens is 298 g/mol. The van der Waals surface area contributed by atoms with Crippen LogP contribution in [0.1, 0.15) is 22.5 Å². The molecule has 0 aliphatic carbocycles. The van der Waals surface area contributed by atoms with Gasteiger partial charge in [0.1, 0.15) is 11.1 Å². The van der Waals surface area contributed by atoms with Gasteiger partial charge in [0.2, 0.25) is 0 Å². The second-order valence-electron chi connectivity index (χ2n) is 4.75. The van der Waals surface area contributed by atoms with Crippen LogP contribution in [0.15, 0.2) is 9.82 Å². The number of thioether (sulfide) groups is 1. The quantitative estimate of drug-likeness (QED) is 0.506. The molecule has 1 saturated heterocycles. The Hall–Kier alpha value is -1.87. The Labute approximate surface area is 124 Å². The molecule has 8 nitrogen and oxygen atoms in total. The van der Waals surface area contributed by atoms with E-state index in [2.05, 4.69) is 9.97 Å². The second kappa shape index (κ2) is 5.86. The summed E-state index contributed by atoms with van der Waals surface area (Å²) in [5.41, 5.74) is -0.0676. The lowest BCUT2D eigenvalue weighted by atomic mass is 10.1. The molecule has 2 atom stereocenters. The van der Waals surface area contributed by atoms with Crippen LogP contribution in [0.3, 0.4) is 0 Å². The van der Waals surface area contributed by atoms with Crippen molar-refractivity contribution in [2.75, 3.05) is 12.8 Å². The Bertz CT molecular complexity index is 644. The molecule has 2 heterocycles. The molecule has 1 fully saturated rings. The molecule has 2 rings (SSSR count). The fourth-order valence-electron chi connectivity index (χ4n) is 2.37. The average molecular weight is 313 g/mol. The van der Waals surface area contributed by atoms with Gasteiger partial charge in [-0.3, -0.25) is 4.79 Å². The second-order valence-corrected chi connectivity index (χ2v) is 5.55. The first-order valence-corrected chi connectivity index (χ1v) is 7.44. The molecule has 1 aromatic heterocycles. The van der Waals surface area contributed by atoms with E-state index >= 15 is 0 Å². The molecule has 1 aromatic rings. The number of carboxylic acids is 1. The Morgan fingerprint density at radius 1 is 1.48 bits per heavy atom. The Morgan fingerprint density at radius 2 is 2.14 bits per heavy atom. The van der Waals surface area contributed by atoms with Gasteiger partial charge in [-0.1, -0.05) is 0 Å². The van der Waals surface area contributed by atoms with Crippen molar-refractivity contribution < 1.29 is 19.8 Å². The fourth-order valence-corrected chi connectivity index (χ4v) is 2.99. The van der Waals surface area contributed by atoms with Gasteiger partial charge < -0.3 is 20.1 Å². The van der Waals surface area contributed by atoms with Gasteiger partial charge in [-0.25, -0.2) is 9.59 Å². The van der Waals surface area contributed by atoms with Crippen LogP contribution in [0.2, 0.25) is 0 Å². The minimum atomic E-state index is -1.17. The molecular formula is C12H15N3O5S. The molecule has 1 aliphatic heterocycles. The van der Waals surface area contributed by atoms with Gasteiger partial charge in [0.15, 0.2) is 0 Å². The minimum Gasteiger partial charge on any atom is -0.480 e. The number of hydrogen-bond donors (Lipinski definition) is 3. The Kier molecular flexibility index (Phi) is 4.33. The topological polar surface area (TPSA) is 124 Å². The molecule has 0 bridgehead atoms. The summed E-state index contributed by atoms with van der Waals surface area (Å²) in [4.78, 5) is 42.4. The lowest BCUT2D eigenvalue weighted by Crippen LogP contribution is -2.41. The zero-order valence-corrected chi connectivity index (χ0v) is 12.3. The van der Waals surface area contributed by atoms with E-state index in [1.807, 2.05) is 0 Å². The van der Waals surface area contributed by atoms with Crippen LogP contribution in [-0.2, 0) is 4.79 Å². The number of aliphatic carboxylic acids is 1. The van der Waals surface area contributed by atoms with Crippen molar-refractivity contribution in [1.29, 1.82) is 0 Å². The third-order valence-electron chi connectivity index (χ3n) is 3.32. The Morgan fingerprint density at radius 3 is 2.71 bits per heavy atom. The van der Waals surface area contributed by atoms with Crippen LogP contribution < -0.4 is 5.69 Å². The summed E-state index contributed by atoms with van der Waals surface area (Å²) in [6.07, 6.45) is 0.792. The van der Waals surface area contributed by atoms with E-state index in [9.17, 15) is 19.5 Å². The van der Waals surface area contributed by atoms with E-state index in [1.54, 1.807) is 13.2 Å². The monoisotopic (exact) mass is 313 g/mol. The summed E-state index contributed by atoms with van der Waals surface area (Å²) in [7, 11) is 0. The van der Waals surface area contributed by atoms with Crippen LogP contribution >= 0.6 is 11.8 Å². The molecule has 9 heteroatoms. The van der Waals surface area contributed by atoms with Crippen molar-refractivity contribution in [2.24, 2.45) is 0 Å². The zero-order valence-electron chi connectivity index (χ0n) is 11.5. The predicted molar refractivity (Wildman–Crippen MR) is 74.5 cm³/mol. The van der Waals surface area contributed by atoms with Gasteiger partial charge in [-0.15, -0.1) is 11.8 Å². The standard InChI is InChI=1S/C12H15N3O5S/c1-5-8(9(21-2)14-12(20)13-5)10(17)15-4-6(16)3-7(15)11(18)19/h6-7,16H,3-4H2,1-2H3,(H,18,19)(H,13,14,20)/t6-,7-/m0/s1. The largest absolute Gasteiger partial charge is 0.480 e. The van der Waals surface area contributed by atoms with Crippen LogP contribution in [0.25, 0.3) is 0 Å². The number of aromatic nitrogens is 2. The fraction of sp³-hybridized carbons (Fsp3) is 0.500. The van der Waals surface area contributed by atoms with Crippen molar-refractivity contribution in [2.45, 2.75) is 30.5 Å². The summed E-state index contributed by atoms with van der Waals surface area (Å²) in [6.45, 7) is 1.50. The third-order valence-corrected chi connectivity index (χ3v) is 4.00. The maximum Gasteiger partial charge on any atom is 0.346 e. The van der Waals surface area contributed by atoms with Gasteiger partial charge in [0, 0.05) is 18.7 Å². The molecule has 0 radical (unpaired) electrons. The van der Waals surface area contributed by atoms with Crippen LogP contribution in [0, 0.1) is 6.92 Å². The number of nitrogens with zero attached hydrogens (tertiary/aromatic N) is 2. The first-order valence-electron chi connectivity index (χ1n) is 6.22. The number of amides is 1. The highest BCUT2D eigenvalue weighted by Crippen LogP contribution is 2.25. The number of carbonyl (C=O) groups excluding carboxylic acids is 1. The number of aromatic amines is 1. The zero-order chi connectivity index (χ0) is 15.7. The summed E-state index contributed by atoms with van der Waals surface area (Å²) in [5.74, 6) is -1.72. The molecule has 0 aromatic carbocycles. The van der Waals surface area contributed by atoms with Crippen molar-refractivity contribution in [3.05, 3.63) is 21.7 Å². The van der Waals surface area contributed by atoms with Gasteiger partial charge in [-0.05, 0) is 13.2 Å². The van der Waals surface area contributed by atoms with Crippen LogP contribution in [0.4, 0.5) is 0 Å². The van der Waals surface area contributed by atoms with Crippen molar-refractivity contribution >= 4 is 23.6 Å². The number of carboxylic acid groups (broad SMARTS) is 1. The van der Waals surface area contributed by atoms with E-state index in [4.69, 9.17) is 5.11 Å². The predicted octanol–water partition coefficient (Wildman–Crippen LogP) is -0.540. The summed E-state index contributed by atoms with van der Waals surface area (Å²) in [6, 6.07) is -1.08. The SMILES string of the molecule is CSc1nc(=O)[nH]c(C)c1C(=O)N1C[C@@H](O)C[C@H]1C(=O)O. The van der Waals surface area contributed by atoms with Gasteiger partial charge in [-0.2, -0.15) is 4.98 Å². The molecule has 1 amide bonds. The first kappa shape index (κ1) is 15.5. The molecule has 0 unspecified atom stereocenters.